The predicted molar refractivity (Wildman–Crippen MR) is 153 cm³/mol. The molecule has 0 aliphatic carbocycles. The Morgan fingerprint density at radius 3 is 1.95 bits per heavy atom. The maximum atomic E-state index is 12.2. The zero-order chi connectivity index (χ0) is 27.9. The van der Waals surface area contributed by atoms with Crippen LogP contribution in [0.2, 0.25) is 0 Å². The topological polar surface area (TPSA) is 123 Å². The third-order valence-corrected chi connectivity index (χ3v) is 5.60. The van der Waals surface area contributed by atoms with Crippen LogP contribution in [0, 0.1) is 0 Å². The maximum Gasteiger partial charge on any atom is 0.338 e. The van der Waals surface area contributed by atoms with E-state index in [9.17, 15) is 9.59 Å². The van der Waals surface area contributed by atoms with Crippen molar-refractivity contribution in [2.45, 2.75) is 39.0 Å². The summed E-state index contributed by atoms with van der Waals surface area (Å²) in [5.74, 6) is 0.919. The summed E-state index contributed by atoms with van der Waals surface area (Å²) in [6.45, 7) is 3.43. The fourth-order valence-electron chi connectivity index (χ4n) is 3.60. The molecule has 4 N–H and O–H groups in total. The molecule has 0 saturated heterocycles. The first-order chi connectivity index (χ1) is 18.9. The van der Waals surface area contributed by atoms with Gasteiger partial charge in [0.2, 0.25) is 0 Å². The van der Waals surface area contributed by atoms with Gasteiger partial charge in [-0.05, 0) is 72.7 Å². The molecule has 0 aromatic heterocycles. The average Bonchev–Trinajstić information content (AvgIpc) is 2.92. The van der Waals surface area contributed by atoms with Crippen LogP contribution in [0.25, 0.3) is 6.08 Å². The molecule has 0 spiro atoms. The van der Waals surface area contributed by atoms with Gasteiger partial charge in [0.1, 0.15) is 17.2 Å². The molecule has 0 saturated carbocycles. The number of hydrogen-bond acceptors (Lipinski definition) is 8. The molecule has 206 valence electrons. The second-order valence-electron chi connectivity index (χ2n) is 8.93. The largest absolute Gasteiger partial charge is 0.494 e. The number of rotatable bonds is 15. The normalized spacial score (nSPS) is 10.8. The van der Waals surface area contributed by atoms with Crippen LogP contribution in [0.3, 0.4) is 0 Å². The number of carbonyl (C=O) groups excluding carboxylic acids is 2. The summed E-state index contributed by atoms with van der Waals surface area (Å²) in [5.41, 5.74) is 13.4. The SMILES string of the molecule is CCCCCCOc1ccc(OC(=O)C=Cc2ccc(OCCCOC(=O)c3cc(N)cc(N)c3)cc2)cc1. The van der Waals surface area contributed by atoms with Crippen molar-refractivity contribution in [3.8, 4) is 17.2 Å². The average molecular weight is 533 g/mol. The van der Waals surface area contributed by atoms with E-state index in [-0.39, 0.29) is 6.61 Å². The van der Waals surface area contributed by atoms with Gasteiger partial charge in [-0.3, -0.25) is 0 Å². The molecule has 0 aliphatic rings. The van der Waals surface area contributed by atoms with E-state index in [1.54, 1.807) is 48.5 Å². The van der Waals surface area contributed by atoms with Crippen molar-refractivity contribution in [2.75, 3.05) is 31.3 Å². The summed E-state index contributed by atoms with van der Waals surface area (Å²) in [7, 11) is 0. The van der Waals surface area contributed by atoms with Crippen LogP contribution in [0.5, 0.6) is 17.2 Å². The first-order valence-electron chi connectivity index (χ1n) is 13.1. The summed E-state index contributed by atoms with van der Waals surface area (Å²) in [5, 5.41) is 0. The van der Waals surface area contributed by atoms with E-state index in [4.69, 9.17) is 30.4 Å². The zero-order valence-corrected chi connectivity index (χ0v) is 22.3. The molecular weight excluding hydrogens is 496 g/mol. The highest BCUT2D eigenvalue weighted by atomic mass is 16.5. The van der Waals surface area contributed by atoms with Crippen LogP contribution in [0.15, 0.2) is 72.8 Å². The van der Waals surface area contributed by atoms with Gasteiger partial charge in [-0.1, -0.05) is 38.3 Å². The summed E-state index contributed by atoms with van der Waals surface area (Å²) >= 11 is 0. The van der Waals surface area contributed by atoms with Gasteiger partial charge in [0.15, 0.2) is 0 Å². The number of ether oxygens (including phenoxy) is 4. The number of nitrogen functional groups attached to an aromatic ring is 2. The van der Waals surface area contributed by atoms with Gasteiger partial charge in [-0.15, -0.1) is 0 Å². The van der Waals surface area contributed by atoms with E-state index in [2.05, 4.69) is 6.92 Å². The molecule has 8 heteroatoms. The molecule has 0 heterocycles. The second kappa shape index (κ2) is 15.7. The number of hydrogen-bond donors (Lipinski definition) is 2. The number of nitrogens with two attached hydrogens (primary N) is 2. The fourth-order valence-corrected chi connectivity index (χ4v) is 3.60. The van der Waals surface area contributed by atoms with Gasteiger partial charge in [0.25, 0.3) is 0 Å². The number of carbonyl (C=O) groups is 2. The number of benzene rings is 3. The molecule has 39 heavy (non-hydrogen) atoms. The van der Waals surface area contributed by atoms with Crippen LogP contribution in [-0.4, -0.2) is 31.8 Å². The van der Waals surface area contributed by atoms with Crippen LogP contribution in [0.4, 0.5) is 11.4 Å². The monoisotopic (exact) mass is 532 g/mol. The molecule has 0 amide bonds. The van der Waals surface area contributed by atoms with E-state index >= 15 is 0 Å². The second-order valence-corrected chi connectivity index (χ2v) is 8.93. The minimum Gasteiger partial charge on any atom is -0.494 e. The maximum absolute atomic E-state index is 12.2. The Hall–Kier alpha value is -4.46. The third kappa shape index (κ3) is 10.8. The molecule has 3 aromatic rings. The van der Waals surface area contributed by atoms with E-state index in [1.807, 2.05) is 12.1 Å². The molecular formula is C31H36N2O6. The fraction of sp³-hybridized carbons (Fsp3) is 0.290. The lowest BCUT2D eigenvalue weighted by atomic mass is 10.2. The summed E-state index contributed by atoms with van der Waals surface area (Å²) in [6.07, 6.45) is 8.16. The van der Waals surface area contributed by atoms with Crippen molar-refractivity contribution in [3.05, 3.63) is 83.9 Å². The van der Waals surface area contributed by atoms with Gasteiger partial charge in [0.05, 0.1) is 25.4 Å². The summed E-state index contributed by atoms with van der Waals surface area (Å²) in [4.78, 5) is 24.3. The highest BCUT2D eigenvalue weighted by Gasteiger charge is 2.09. The Balaban J connectivity index is 1.33. The van der Waals surface area contributed by atoms with E-state index < -0.39 is 11.9 Å². The van der Waals surface area contributed by atoms with Crippen molar-refractivity contribution >= 4 is 29.4 Å². The minimum absolute atomic E-state index is 0.200. The summed E-state index contributed by atoms with van der Waals surface area (Å²) in [6, 6.07) is 18.9. The molecule has 3 rings (SSSR count). The first-order valence-corrected chi connectivity index (χ1v) is 13.1. The Labute approximate surface area is 229 Å². The molecule has 8 nitrogen and oxygen atoms in total. The lowest BCUT2D eigenvalue weighted by molar-refractivity contribution is -0.128. The van der Waals surface area contributed by atoms with Crippen LogP contribution in [0.1, 0.15) is 54.9 Å². The molecule has 0 fully saturated rings. The highest BCUT2D eigenvalue weighted by molar-refractivity contribution is 5.91. The van der Waals surface area contributed by atoms with Gasteiger partial charge in [-0.25, -0.2) is 9.59 Å². The van der Waals surface area contributed by atoms with Gasteiger partial charge >= 0.3 is 11.9 Å². The van der Waals surface area contributed by atoms with Gasteiger partial charge in [0, 0.05) is 23.9 Å². The van der Waals surface area contributed by atoms with Crippen LogP contribution >= 0.6 is 0 Å². The first kappa shape index (κ1) is 29.1. The molecule has 3 aromatic carbocycles. The quantitative estimate of drug-likeness (QED) is 0.0797. The Kier molecular flexibility index (Phi) is 11.7. The molecule has 0 aliphatic heterocycles. The van der Waals surface area contributed by atoms with E-state index in [1.165, 1.54) is 31.1 Å². The lowest BCUT2D eigenvalue weighted by Gasteiger charge is -2.08. The Morgan fingerprint density at radius 1 is 0.718 bits per heavy atom. The standard InChI is InChI=1S/C31H36N2O6/c1-2-3-4-5-17-36-28-12-14-29(15-13-28)39-30(34)16-9-23-7-10-27(11-8-23)37-18-6-19-38-31(35)24-20-25(32)22-26(33)21-24/h7-16,20-22H,2-6,17-19,32-33H2,1H3. The van der Waals surface area contributed by atoms with Crippen LogP contribution in [-0.2, 0) is 9.53 Å². The van der Waals surface area contributed by atoms with Crippen LogP contribution < -0.4 is 25.7 Å². The van der Waals surface area contributed by atoms with Crippen molar-refractivity contribution in [1.82, 2.24) is 0 Å². The summed E-state index contributed by atoms with van der Waals surface area (Å²) < 4.78 is 22.0. The molecule has 0 bridgehead atoms. The Bertz CT molecular complexity index is 1200. The number of unbranched alkanes of at least 4 members (excludes halogenated alkanes) is 3. The smallest absolute Gasteiger partial charge is 0.338 e. The van der Waals surface area contributed by atoms with Gasteiger partial charge < -0.3 is 30.4 Å². The lowest BCUT2D eigenvalue weighted by Crippen LogP contribution is -2.10. The van der Waals surface area contributed by atoms with E-state index in [0.717, 1.165) is 24.2 Å². The number of esters is 2. The highest BCUT2D eigenvalue weighted by Crippen LogP contribution is 2.19. The van der Waals surface area contributed by atoms with Crippen molar-refractivity contribution < 1.29 is 28.5 Å². The van der Waals surface area contributed by atoms with Crippen molar-refractivity contribution in [1.29, 1.82) is 0 Å². The zero-order valence-electron chi connectivity index (χ0n) is 22.3. The molecule has 0 unspecified atom stereocenters. The third-order valence-electron chi connectivity index (χ3n) is 5.60. The number of anilines is 2. The van der Waals surface area contributed by atoms with Gasteiger partial charge in [-0.2, -0.15) is 0 Å². The van der Waals surface area contributed by atoms with Crippen molar-refractivity contribution in [3.63, 3.8) is 0 Å². The molecule has 0 radical (unpaired) electrons. The van der Waals surface area contributed by atoms with Crippen molar-refractivity contribution in [2.24, 2.45) is 0 Å². The van der Waals surface area contributed by atoms with E-state index in [0.29, 0.717) is 48.1 Å². The minimum atomic E-state index is -0.483. The Morgan fingerprint density at radius 2 is 1.31 bits per heavy atom. The molecule has 0 atom stereocenters. The predicted octanol–water partition coefficient (Wildman–Crippen LogP) is 6.05.